The second-order valence-electron chi connectivity index (χ2n) is 5.59. The third kappa shape index (κ3) is 6.35. The molecule has 0 fully saturated rings. The highest BCUT2D eigenvalue weighted by molar-refractivity contribution is 6.32. The molecule has 2 aromatic carbocycles. The molecule has 0 aliphatic heterocycles. The third-order valence-electron chi connectivity index (χ3n) is 3.64. The maximum absolute atomic E-state index is 12.0. The van der Waals surface area contributed by atoms with Gasteiger partial charge in [0, 0.05) is 17.6 Å². The molecule has 25 heavy (non-hydrogen) atoms. The molecule has 0 spiro atoms. The predicted octanol–water partition coefficient (Wildman–Crippen LogP) is 3.53. The van der Waals surface area contributed by atoms with Crippen molar-refractivity contribution in [2.24, 2.45) is 0 Å². The second-order valence-corrected chi connectivity index (χ2v) is 6.00. The van der Waals surface area contributed by atoms with Gasteiger partial charge in [0.2, 0.25) is 5.91 Å². The standard InChI is InChI=1S/C20H22ClNO3/c1-15-6-8-17(9-7-15)19(25-13-12-23)14-22-20(24)11-10-16-4-2-3-5-18(16)21/h2-11,19,23H,12-14H2,1H3,(H,22,24)/b11-10+/t19-/m0/s1. The number of amides is 1. The predicted molar refractivity (Wildman–Crippen MR) is 100 cm³/mol. The van der Waals surface area contributed by atoms with Crippen molar-refractivity contribution in [1.82, 2.24) is 5.32 Å². The van der Waals surface area contributed by atoms with Gasteiger partial charge in [0.1, 0.15) is 0 Å². The Bertz CT molecular complexity index is 713. The number of nitrogens with one attached hydrogen (secondary N) is 1. The maximum atomic E-state index is 12.0. The maximum Gasteiger partial charge on any atom is 0.244 e. The minimum absolute atomic E-state index is 0.0667. The highest BCUT2D eigenvalue weighted by atomic mass is 35.5. The van der Waals surface area contributed by atoms with E-state index in [1.807, 2.05) is 49.4 Å². The van der Waals surface area contributed by atoms with E-state index in [1.165, 1.54) is 6.08 Å². The summed E-state index contributed by atoms with van der Waals surface area (Å²) in [6.45, 7) is 2.47. The van der Waals surface area contributed by atoms with Crippen LogP contribution < -0.4 is 5.32 Å². The van der Waals surface area contributed by atoms with E-state index in [4.69, 9.17) is 21.4 Å². The number of aliphatic hydroxyl groups is 1. The van der Waals surface area contributed by atoms with Crippen molar-refractivity contribution in [2.75, 3.05) is 19.8 Å². The summed E-state index contributed by atoms with van der Waals surface area (Å²) in [6.07, 6.45) is 2.80. The van der Waals surface area contributed by atoms with E-state index < -0.39 is 0 Å². The summed E-state index contributed by atoms with van der Waals surface area (Å²) in [5.41, 5.74) is 2.89. The first-order valence-electron chi connectivity index (χ1n) is 8.09. The zero-order valence-corrected chi connectivity index (χ0v) is 14.9. The van der Waals surface area contributed by atoms with Crippen LogP contribution in [0.1, 0.15) is 22.8 Å². The van der Waals surface area contributed by atoms with E-state index in [0.717, 1.165) is 16.7 Å². The van der Waals surface area contributed by atoms with E-state index in [0.29, 0.717) is 11.6 Å². The summed E-state index contributed by atoms with van der Waals surface area (Å²) in [6, 6.07) is 15.2. The normalized spacial score (nSPS) is 12.3. The molecule has 0 heterocycles. The fraction of sp³-hybridized carbons (Fsp3) is 0.250. The number of halogens is 1. The van der Waals surface area contributed by atoms with Gasteiger partial charge in [-0.2, -0.15) is 0 Å². The zero-order valence-electron chi connectivity index (χ0n) is 14.1. The number of aliphatic hydroxyl groups excluding tert-OH is 1. The molecule has 0 saturated heterocycles. The number of aryl methyl sites for hydroxylation is 1. The van der Waals surface area contributed by atoms with Crippen LogP contribution >= 0.6 is 11.6 Å². The van der Waals surface area contributed by atoms with Gasteiger partial charge in [0.25, 0.3) is 0 Å². The molecule has 2 aromatic rings. The molecule has 5 heteroatoms. The Hall–Kier alpha value is -2.14. The molecule has 0 bridgehead atoms. The molecule has 132 valence electrons. The number of hydrogen-bond donors (Lipinski definition) is 2. The van der Waals surface area contributed by atoms with E-state index in [9.17, 15) is 4.79 Å². The number of carbonyl (C=O) groups is 1. The summed E-state index contributed by atoms with van der Waals surface area (Å²) in [7, 11) is 0. The quantitative estimate of drug-likeness (QED) is 0.709. The highest BCUT2D eigenvalue weighted by Crippen LogP contribution is 2.18. The van der Waals surface area contributed by atoms with Crippen LogP contribution in [0.5, 0.6) is 0 Å². The van der Waals surface area contributed by atoms with Crippen LogP contribution in [-0.2, 0) is 9.53 Å². The van der Waals surface area contributed by atoms with Gasteiger partial charge in [0.05, 0.1) is 19.3 Å². The Kier molecular flexibility index (Phi) is 7.67. The number of hydrogen-bond acceptors (Lipinski definition) is 3. The number of ether oxygens (including phenoxy) is 1. The van der Waals surface area contributed by atoms with Crippen molar-refractivity contribution in [3.8, 4) is 0 Å². The topological polar surface area (TPSA) is 58.6 Å². The van der Waals surface area contributed by atoms with E-state index in [-0.39, 0.29) is 25.2 Å². The molecular weight excluding hydrogens is 338 g/mol. The average Bonchev–Trinajstić information content (AvgIpc) is 2.62. The SMILES string of the molecule is Cc1ccc([C@H](CNC(=O)/C=C/c2ccccc2Cl)OCCO)cc1. The monoisotopic (exact) mass is 359 g/mol. The van der Waals surface area contributed by atoms with Crippen molar-refractivity contribution in [2.45, 2.75) is 13.0 Å². The molecule has 4 nitrogen and oxygen atoms in total. The first-order chi connectivity index (χ1) is 12.1. The fourth-order valence-corrected chi connectivity index (χ4v) is 2.48. The smallest absolute Gasteiger partial charge is 0.244 e. The molecule has 2 N–H and O–H groups in total. The summed E-state index contributed by atoms with van der Waals surface area (Å²) in [4.78, 5) is 12.0. The van der Waals surface area contributed by atoms with Gasteiger partial charge in [-0.25, -0.2) is 0 Å². The van der Waals surface area contributed by atoms with Crippen LogP contribution in [0.15, 0.2) is 54.6 Å². The zero-order chi connectivity index (χ0) is 18.1. The van der Waals surface area contributed by atoms with Crippen LogP contribution in [0.4, 0.5) is 0 Å². The van der Waals surface area contributed by atoms with Gasteiger partial charge in [-0.15, -0.1) is 0 Å². The number of carbonyl (C=O) groups excluding carboxylic acids is 1. The van der Waals surface area contributed by atoms with Crippen molar-refractivity contribution < 1.29 is 14.6 Å². The van der Waals surface area contributed by atoms with Crippen LogP contribution in [0.2, 0.25) is 5.02 Å². The van der Waals surface area contributed by atoms with Crippen LogP contribution in [0.3, 0.4) is 0 Å². The van der Waals surface area contributed by atoms with Crippen molar-refractivity contribution >= 4 is 23.6 Å². The van der Waals surface area contributed by atoms with Gasteiger partial charge < -0.3 is 15.2 Å². The Morgan fingerprint density at radius 3 is 2.64 bits per heavy atom. The molecule has 0 aliphatic carbocycles. The lowest BCUT2D eigenvalue weighted by molar-refractivity contribution is -0.117. The molecule has 1 atom stereocenters. The van der Waals surface area contributed by atoms with Crippen LogP contribution in [0.25, 0.3) is 6.08 Å². The molecule has 0 unspecified atom stereocenters. The highest BCUT2D eigenvalue weighted by Gasteiger charge is 2.12. The van der Waals surface area contributed by atoms with Gasteiger partial charge in [0.15, 0.2) is 0 Å². The van der Waals surface area contributed by atoms with Gasteiger partial charge in [-0.3, -0.25) is 4.79 Å². The third-order valence-corrected chi connectivity index (χ3v) is 3.98. The van der Waals surface area contributed by atoms with Gasteiger partial charge in [-0.05, 0) is 30.2 Å². The van der Waals surface area contributed by atoms with E-state index in [1.54, 1.807) is 12.1 Å². The average molecular weight is 360 g/mol. The van der Waals surface area contributed by atoms with Crippen LogP contribution in [-0.4, -0.2) is 30.8 Å². The summed E-state index contributed by atoms with van der Waals surface area (Å²) >= 11 is 6.06. The minimum atomic E-state index is -0.314. The summed E-state index contributed by atoms with van der Waals surface area (Å²) in [5, 5.41) is 12.4. The first-order valence-corrected chi connectivity index (χ1v) is 8.47. The lowest BCUT2D eigenvalue weighted by atomic mass is 10.1. The molecular formula is C20H22ClNO3. The summed E-state index contributed by atoms with van der Waals surface area (Å²) in [5.74, 6) is -0.232. The van der Waals surface area contributed by atoms with Gasteiger partial charge >= 0.3 is 0 Å². The molecule has 0 radical (unpaired) electrons. The van der Waals surface area contributed by atoms with E-state index >= 15 is 0 Å². The van der Waals surface area contributed by atoms with Crippen molar-refractivity contribution in [3.05, 3.63) is 76.3 Å². The van der Waals surface area contributed by atoms with E-state index in [2.05, 4.69) is 5.32 Å². The molecule has 0 aromatic heterocycles. The first kappa shape index (κ1) is 19.2. The summed E-state index contributed by atoms with van der Waals surface area (Å²) < 4.78 is 5.64. The molecule has 0 aliphatic rings. The minimum Gasteiger partial charge on any atom is -0.394 e. The lowest BCUT2D eigenvalue weighted by Gasteiger charge is -2.18. The van der Waals surface area contributed by atoms with Crippen molar-refractivity contribution in [1.29, 1.82) is 0 Å². The molecule has 1 amide bonds. The van der Waals surface area contributed by atoms with Gasteiger partial charge in [-0.1, -0.05) is 59.6 Å². The largest absolute Gasteiger partial charge is 0.394 e. The Labute approximate surface area is 153 Å². The molecule has 2 rings (SSSR count). The Balaban J connectivity index is 1.96. The van der Waals surface area contributed by atoms with Crippen LogP contribution in [0, 0.1) is 6.92 Å². The second kappa shape index (κ2) is 9.99. The molecule has 0 saturated carbocycles. The van der Waals surface area contributed by atoms with Crippen molar-refractivity contribution in [3.63, 3.8) is 0 Å². The lowest BCUT2D eigenvalue weighted by Crippen LogP contribution is -2.28. The number of rotatable bonds is 8. The number of benzene rings is 2. The fourth-order valence-electron chi connectivity index (χ4n) is 2.28. The Morgan fingerprint density at radius 2 is 1.96 bits per heavy atom. The Morgan fingerprint density at radius 1 is 1.24 bits per heavy atom.